The molecule has 0 spiro atoms. The molecule has 2 aromatic rings. The van der Waals surface area contributed by atoms with Gasteiger partial charge in [-0.25, -0.2) is 4.39 Å². The van der Waals surface area contributed by atoms with E-state index in [-0.39, 0.29) is 17.8 Å². The zero-order valence-electron chi connectivity index (χ0n) is 13.6. The van der Waals surface area contributed by atoms with Gasteiger partial charge in [0.1, 0.15) is 12.4 Å². The van der Waals surface area contributed by atoms with Crippen LogP contribution in [0.2, 0.25) is 5.02 Å². The number of amides is 1. The van der Waals surface area contributed by atoms with Crippen LogP contribution in [0.25, 0.3) is 0 Å². The molecule has 24 heavy (non-hydrogen) atoms. The molecule has 0 aromatic heterocycles. The summed E-state index contributed by atoms with van der Waals surface area (Å²) in [6.45, 7) is 2.67. The lowest BCUT2D eigenvalue weighted by Crippen LogP contribution is -3.16. The number of halogens is 2. The number of quaternary nitrogens is 1. The highest BCUT2D eigenvalue weighted by molar-refractivity contribution is 6.30. The van der Waals surface area contributed by atoms with Crippen molar-refractivity contribution in [1.29, 1.82) is 0 Å². The van der Waals surface area contributed by atoms with Crippen molar-refractivity contribution in [2.45, 2.75) is 38.4 Å². The van der Waals surface area contributed by atoms with E-state index >= 15 is 0 Å². The van der Waals surface area contributed by atoms with E-state index in [4.69, 9.17) is 11.6 Å². The van der Waals surface area contributed by atoms with Gasteiger partial charge in [-0.15, -0.1) is 0 Å². The van der Waals surface area contributed by atoms with Gasteiger partial charge in [-0.3, -0.25) is 4.79 Å². The van der Waals surface area contributed by atoms with Crippen LogP contribution in [0.15, 0.2) is 48.5 Å². The molecule has 0 aliphatic heterocycles. The third-order valence-electron chi connectivity index (χ3n) is 4.48. The van der Waals surface area contributed by atoms with Crippen LogP contribution in [-0.4, -0.2) is 18.0 Å². The van der Waals surface area contributed by atoms with Crippen molar-refractivity contribution in [3.05, 3.63) is 64.9 Å². The van der Waals surface area contributed by atoms with E-state index < -0.39 is 0 Å². The van der Waals surface area contributed by atoms with E-state index in [1.54, 1.807) is 36.4 Å². The lowest BCUT2D eigenvalue weighted by atomic mass is 10.1. The summed E-state index contributed by atoms with van der Waals surface area (Å²) in [5, 5.41) is 3.59. The average molecular weight is 348 g/mol. The average Bonchev–Trinajstić information content (AvgIpc) is 3.40. The molecule has 1 amide bonds. The summed E-state index contributed by atoms with van der Waals surface area (Å²) in [6.07, 6.45) is 2.27. The molecular weight excluding hydrogens is 327 g/mol. The number of anilines is 1. The summed E-state index contributed by atoms with van der Waals surface area (Å²) in [5.41, 5.74) is 1.79. The van der Waals surface area contributed by atoms with Crippen LogP contribution in [0, 0.1) is 5.82 Å². The first-order valence-corrected chi connectivity index (χ1v) is 8.57. The topological polar surface area (TPSA) is 33.5 Å². The largest absolute Gasteiger partial charge is 0.321 e. The summed E-state index contributed by atoms with van der Waals surface area (Å²) in [6, 6.07) is 13.9. The van der Waals surface area contributed by atoms with Crippen LogP contribution < -0.4 is 10.2 Å². The minimum atomic E-state index is -0.236. The van der Waals surface area contributed by atoms with Crippen molar-refractivity contribution in [1.82, 2.24) is 0 Å². The molecule has 0 bridgehead atoms. The second-order valence-corrected chi connectivity index (χ2v) is 6.81. The van der Waals surface area contributed by atoms with Crippen molar-refractivity contribution in [3.63, 3.8) is 0 Å². The zero-order chi connectivity index (χ0) is 17.1. The first-order valence-electron chi connectivity index (χ1n) is 8.19. The molecule has 1 saturated carbocycles. The number of carbonyl (C=O) groups excluding carboxylic acids is 1. The van der Waals surface area contributed by atoms with Crippen LogP contribution in [0.3, 0.4) is 0 Å². The van der Waals surface area contributed by atoms with Crippen LogP contribution >= 0.6 is 11.6 Å². The summed E-state index contributed by atoms with van der Waals surface area (Å²) >= 11 is 5.87. The monoisotopic (exact) mass is 347 g/mol. The van der Waals surface area contributed by atoms with Gasteiger partial charge in [-0.1, -0.05) is 23.7 Å². The van der Waals surface area contributed by atoms with Crippen molar-refractivity contribution >= 4 is 23.2 Å². The highest BCUT2D eigenvalue weighted by atomic mass is 35.5. The second kappa shape index (κ2) is 7.32. The standard InChI is InChI=1S/C19H20ClFN2O/c1-13(19(24)22-17-8-4-15(20)5-9-17)23(18-10-11-18)12-14-2-6-16(21)7-3-14/h2-9,13,18H,10-12H2,1H3,(H,22,24)/p+1/t13-/m0/s1. The highest BCUT2D eigenvalue weighted by Crippen LogP contribution is 2.17. The van der Waals surface area contributed by atoms with Gasteiger partial charge in [0.05, 0.1) is 6.04 Å². The molecule has 1 aliphatic rings. The number of hydrogen-bond donors (Lipinski definition) is 2. The third-order valence-corrected chi connectivity index (χ3v) is 4.74. The summed E-state index contributed by atoms with van der Waals surface area (Å²) < 4.78 is 13.1. The summed E-state index contributed by atoms with van der Waals surface area (Å²) in [5.74, 6) is -0.249. The molecule has 1 aliphatic carbocycles. The fourth-order valence-corrected chi connectivity index (χ4v) is 3.02. The number of hydrogen-bond acceptors (Lipinski definition) is 1. The van der Waals surface area contributed by atoms with E-state index in [9.17, 15) is 9.18 Å². The Balaban J connectivity index is 1.67. The van der Waals surface area contributed by atoms with Gasteiger partial charge in [0.15, 0.2) is 6.04 Å². The number of nitrogens with one attached hydrogen (secondary N) is 2. The molecule has 0 radical (unpaired) electrons. The predicted molar refractivity (Wildman–Crippen MR) is 93.6 cm³/mol. The van der Waals surface area contributed by atoms with Crippen LogP contribution in [0.4, 0.5) is 10.1 Å². The minimum absolute atomic E-state index is 0.0127. The Hall–Kier alpha value is -1.91. The first kappa shape index (κ1) is 16.9. The van der Waals surface area contributed by atoms with Gasteiger partial charge in [0, 0.05) is 29.1 Å². The summed E-state index contributed by atoms with van der Waals surface area (Å²) in [4.78, 5) is 13.8. The molecule has 0 heterocycles. The van der Waals surface area contributed by atoms with Crippen molar-refractivity contribution in [2.24, 2.45) is 0 Å². The third kappa shape index (κ3) is 4.34. The molecule has 0 saturated heterocycles. The Kier molecular flexibility index (Phi) is 5.17. The molecule has 1 fully saturated rings. The van der Waals surface area contributed by atoms with Gasteiger partial charge in [-0.2, -0.15) is 0 Å². The normalized spacial score (nSPS) is 16.5. The Morgan fingerprint density at radius 2 is 1.83 bits per heavy atom. The molecule has 2 N–H and O–H groups in total. The SMILES string of the molecule is C[C@@H](C(=O)Nc1ccc(Cl)cc1)[NH+](Cc1ccc(F)cc1)C1CC1. The predicted octanol–water partition coefficient (Wildman–Crippen LogP) is 3.05. The van der Waals surface area contributed by atoms with Crippen LogP contribution in [0.5, 0.6) is 0 Å². The maximum Gasteiger partial charge on any atom is 0.282 e. The van der Waals surface area contributed by atoms with Crippen molar-refractivity contribution in [2.75, 3.05) is 5.32 Å². The van der Waals surface area contributed by atoms with Crippen LogP contribution in [0.1, 0.15) is 25.3 Å². The lowest BCUT2D eigenvalue weighted by molar-refractivity contribution is -0.938. The summed E-state index contributed by atoms with van der Waals surface area (Å²) in [7, 11) is 0. The Morgan fingerprint density at radius 1 is 1.21 bits per heavy atom. The fourth-order valence-electron chi connectivity index (χ4n) is 2.90. The van der Waals surface area contributed by atoms with E-state index in [1.807, 2.05) is 6.92 Å². The molecule has 2 aromatic carbocycles. The molecule has 126 valence electrons. The molecule has 3 nitrogen and oxygen atoms in total. The smallest absolute Gasteiger partial charge is 0.282 e. The molecule has 1 unspecified atom stereocenters. The minimum Gasteiger partial charge on any atom is -0.321 e. The molecule has 3 rings (SSSR count). The molecule has 5 heteroatoms. The van der Waals surface area contributed by atoms with Gasteiger partial charge in [0.2, 0.25) is 0 Å². The van der Waals surface area contributed by atoms with Gasteiger partial charge >= 0.3 is 0 Å². The van der Waals surface area contributed by atoms with E-state index in [2.05, 4.69) is 5.32 Å². The number of carbonyl (C=O) groups is 1. The van der Waals surface area contributed by atoms with Crippen LogP contribution in [-0.2, 0) is 11.3 Å². The van der Waals surface area contributed by atoms with Crippen molar-refractivity contribution in [3.8, 4) is 0 Å². The number of benzene rings is 2. The maximum absolute atomic E-state index is 13.1. The fraction of sp³-hybridized carbons (Fsp3) is 0.316. The molecular formula is C19H21ClFN2O+. The van der Waals surface area contributed by atoms with E-state index in [0.717, 1.165) is 30.6 Å². The molecule has 2 atom stereocenters. The first-order chi connectivity index (χ1) is 11.5. The van der Waals surface area contributed by atoms with E-state index in [0.29, 0.717) is 11.1 Å². The van der Waals surface area contributed by atoms with Gasteiger partial charge < -0.3 is 10.2 Å². The second-order valence-electron chi connectivity index (χ2n) is 6.37. The van der Waals surface area contributed by atoms with Crippen molar-refractivity contribution < 1.29 is 14.1 Å². The van der Waals surface area contributed by atoms with Gasteiger partial charge in [-0.05, 0) is 43.3 Å². The quantitative estimate of drug-likeness (QED) is 0.827. The Morgan fingerprint density at radius 3 is 2.42 bits per heavy atom. The van der Waals surface area contributed by atoms with E-state index in [1.165, 1.54) is 17.0 Å². The zero-order valence-corrected chi connectivity index (χ0v) is 14.3. The lowest BCUT2D eigenvalue weighted by Gasteiger charge is -2.25. The van der Waals surface area contributed by atoms with Gasteiger partial charge in [0.25, 0.3) is 5.91 Å². The maximum atomic E-state index is 13.1. The highest BCUT2D eigenvalue weighted by Gasteiger charge is 2.39. The Bertz CT molecular complexity index is 698. The number of rotatable bonds is 6. The Labute approximate surface area is 146 Å².